The molecule has 1 saturated heterocycles. The molecule has 5 nitrogen and oxygen atoms in total. The summed E-state index contributed by atoms with van der Waals surface area (Å²) >= 11 is 6.94. The Bertz CT molecular complexity index is 499. The van der Waals surface area contributed by atoms with Crippen LogP contribution in [0.1, 0.15) is 4.88 Å². The van der Waals surface area contributed by atoms with Gasteiger partial charge in [-0.25, -0.2) is 4.79 Å². The quantitative estimate of drug-likeness (QED) is 0.585. The zero-order chi connectivity index (χ0) is 11.7. The van der Waals surface area contributed by atoms with Gasteiger partial charge in [-0.3, -0.25) is 20.2 Å². The first-order valence-electron chi connectivity index (χ1n) is 4.20. The summed E-state index contributed by atoms with van der Waals surface area (Å²) in [5.74, 6) is -1.42. The summed E-state index contributed by atoms with van der Waals surface area (Å²) < 4.78 is 0.555. The van der Waals surface area contributed by atoms with Crippen molar-refractivity contribution in [1.29, 1.82) is 0 Å². The Morgan fingerprint density at radius 2 is 1.75 bits per heavy atom. The van der Waals surface area contributed by atoms with Crippen LogP contribution < -0.4 is 10.6 Å². The van der Waals surface area contributed by atoms with E-state index >= 15 is 0 Å². The number of carbonyl (C=O) groups excluding carboxylic acids is 3. The second kappa shape index (κ2) is 4.07. The lowest BCUT2D eigenvalue weighted by Gasteiger charge is -2.13. The summed E-state index contributed by atoms with van der Waals surface area (Å²) in [6.45, 7) is 0. The maximum atomic E-state index is 11.3. The first-order chi connectivity index (χ1) is 7.56. The van der Waals surface area contributed by atoms with Crippen molar-refractivity contribution in [3.63, 3.8) is 0 Å². The number of hydrogen-bond acceptors (Lipinski definition) is 4. The van der Waals surface area contributed by atoms with Crippen molar-refractivity contribution >= 4 is 46.9 Å². The van der Waals surface area contributed by atoms with E-state index in [2.05, 4.69) is 0 Å². The Labute approximate surface area is 99.1 Å². The Hall–Kier alpha value is -1.66. The number of hydrogen-bond donors (Lipinski definition) is 2. The number of rotatable bonds is 1. The van der Waals surface area contributed by atoms with Gasteiger partial charge < -0.3 is 0 Å². The van der Waals surface area contributed by atoms with Crippen LogP contribution in [0.2, 0.25) is 4.34 Å². The molecule has 16 heavy (non-hydrogen) atoms. The molecule has 0 bridgehead atoms. The Kier molecular flexibility index (Phi) is 2.76. The fourth-order valence-electron chi connectivity index (χ4n) is 1.15. The fraction of sp³-hybridized carbons (Fsp3) is 0. The summed E-state index contributed by atoms with van der Waals surface area (Å²) in [6, 6.07) is 2.52. The molecule has 1 aromatic rings. The first-order valence-corrected chi connectivity index (χ1v) is 5.39. The standard InChI is InChI=1S/C9H5ClN2O3S/c10-6-2-1-4(16-6)3-5-7(13)11-9(15)12-8(5)14/h1-3H,(H2,11,12,13,14,15). The fourth-order valence-corrected chi connectivity index (χ4v) is 2.16. The molecule has 0 radical (unpaired) electrons. The molecular formula is C9H5ClN2O3S. The van der Waals surface area contributed by atoms with E-state index in [0.29, 0.717) is 9.21 Å². The second-order valence-corrected chi connectivity index (χ2v) is 4.68. The van der Waals surface area contributed by atoms with Gasteiger partial charge in [-0.2, -0.15) is 0 Å². The highest BCUT2D eigenvalue weighted by Crippen LogP contribution is 2.23. The molecule has 2 heterocycles. The Morgan fingerprint density at radius 3 is 2.25 bits per heavy atom. The van der Waals surface area contributed by atoms with E-state index in [1.54, 1.807) is 12.1 Å². The van der Waals surface area contributed by atoms with E-state index in [4.69, 9.17) is 11.6 Å². The number of urea groups is 1. The van der Waals surface area contributed by atoms with Crippen LogP contribution in [0.3, 0.4) is 0 Å². The molecule has 0 saturated carbocycles. The van der Waals surface area contributed by atoms with E-state index < -0.39 is 17.8 Å². The molecule has 1 aliphatic rings. The van der Waals surface area contributed by atoms with Crippen LogP contribution in [-0.4, -0.2) is 17.8 Å². The van der Waals surface area contributed by atoms with Gasteiger partial charge in [0.1, 0.15) is 5.57 Å². The maximum absolute atomic E-state index is 11.3. The third kappa shape index (κ3) is 2.12. The van der Waals surface area contributed by atoms with E-state index in [-0.39, 0.29) is 5.57 Å². The average Bonchev–Trinajstić information content (AvgIpc) is 2.58. The van der Waals surface area contributed by atoms with Crippen LogP contribution in [-0.2, 0) is 9.59 Å². The molecule has 2 rings (SSSR count). The van der Waals surface area contributed by atoms with Crippen molar-refractivity contribution in [3.05, 3.63) is 26.9 Å². The third-order valence-electron chi connectivity index (χ3n) is 1.82. The molecule has 82 valence electrons. The number of halogens is 1. The van der Waals surface area contributed by atoms with E-state index in [1.807, 2.05) is 10.6 Å². The maximum Gasteiger partial charge on any atom is 0.328 e. The smallest absolute Gasteiger partial charge is 0.273 e. The molecule has 0 spiro atoms. The molecule has 1 fully saturated rings. The third-order valence-corrected chi connectivity index (χ3v) is 3.00. The predicted molar refractivity (Wildman–Crippen MR) is 59.0 cm³/mol. The molecule has 4 amide bonds. The Balaban J connectivity index is 2.32. The van der Waals surface area contributed by atoms with Gasteiger partial charge in [0.15, 0.2) is 0 Å². The van der Waals surface area contributed by atoms with Crippen LogP contribution in [0.5, 0.6) is 0 Å². The highest BCUT2D eigenvalue weighted by atomic mass is 35.5. The van der Waals surface area contributed by atoms with Crippen molar-refractivity contribution in [2.45, 2.75) is 0 Å². The predicted octanol–water partition coefficient (Wildman–Crippen LogP) is 1.15. The summed E-state index contributed by atoms with van der Waals surface area (Å²) in [7, 11) is 0. The molecule has 0 atom stereocenters. The van der Waals surface area contributed by atoms with Crippen molar-refractivity contribution in [3.8, 4) is 0 Å². The SMILES string of the molecule is O=C1NC(=O)C(=Cc2ccc(Cl)s2)C(=O)N1. The van der Waals surface area contributed by atoms with Crippen LogP contribution in [0.25, 0.3) is 6.08 Å². The highest BCUT2D eigenvalue weighted by molar-refractivity contribution is 7.17. The van der Waals surface area contributed by atoms with Gasteiger partial charge in [0.2, 0.25) is 0 Å². The molecule has 7 heteroatoms. The van der Waals surface area contributed by atoms with E-state index in [0.717, 1.165) is 0 Å². The largest absolute Gasteiger partial charge is 0.328 e. The summed E-state index contributed by atoms with van der Waals surface area (Å²) in [6.07, 6.45) is 1.38. The second-order valence-electron chi connectivity index (χ2n) is 2.94. The zero-order valence-electron chi connectivity index (χ0n) is 7.74. The van der Waals surface area contributed by atoms with Crippen LogP contribution in [0, 0.1) is 0 Å². The van der Waals surface area contributed by atoms with Gasteiger partial charge in [-0.05, 0) is 18.2 Å². The topological polar surface area (TPSA) is 75.3 Å². The van der Waals surface area contributed by atoms with Gasteiger partial charge >= 0.3 is 6.03 Å². The number of carbonyl (C=O) groups is 3. The van der Waals surface area contributed by atoms with Crippen LogP contribution in [0.15, 0.2) is 17.7 Å². The minimum absolute atomic E-state index is 0.113. The summed E-state index contributed by atoms with van der Waals surface area (Å²) in [4.78, 5) is 34.1. The summed E-state index contributed by atoms with van der Waals surface area (Å²) in [5.41, 5.74) is -0.113. The van der Waals surface area contributed by atoms with Crippen molar-refractivity contribution in [1.82, 2.24) is 10.6 Å². The molecule has 0 aliphatic carbocycles. The van der Waals surface area contributed by atoms with Crippen LogP contribution >= 0.6 is 22.9 Å². The minimum atomic E-state index is -0.809. The van der Waals surface area contributed by atoms with Gasteiger partial charge in [0.25, 0.3) is 11.8 Å². The number of amides is 4. The van der Waals surface area contributed by atoms with E-state index in [9.17, 15) is 14.4 Å². The first kappa shape index (κ1) is 10.8. The lowest BCUT2D eigenvalue weighted by Crippen LogP contribution is -2.51. The molecule has 1 aliphatic heterocycles. The van der Waals surface area contributed by atoms with Crippen molar-refractivity contribution in [2.75, 3.05) is 0 Å². The number of imide groups is 2. The highest BCUT2D eigenvalue weighted by Gasteiger charge is 2.27. The molecular weight excluding hydrogens is 252 g/mol. The Morgan fingerprint density at radius 1 is 1.12 bits per heavy atom. The van der Waals surface area contributed by atoms with Crippen molar-refractivity contribution < 1.29 is 14.4 Å². The lowest BCUT2D eigenvalue weighted by atomic mass is 10.2. The number of thiophene rings is 1. The number of nitrogens with one attached hydrogen (secondary N) is 2. The molecule has 1 aromatic heterocycles. The molecule has 0 unspecified atom stereocenters. The zero-order valence-corrected chi connectivity index (χ0v) is 9.32. The molecule has 2 N–H and O–H groups in total. The monoisotopic (exact) mass is 256 g/mol. The number of barbiturate groups is 1. The van der Waals surface area contributed by atoms with Gasteiger partial charge in [-0.15, -0.1) is 11.3 Å². The molecule has 0 aromatic carbocycles. The normalized spacial score (nSPS) is 15.8. The van der Waals surface area contributed by atoms with E-state index in [1.165, 1.54) is 17.4 Å². The lowest BCUT2D eigenvalue weighted by molar-refractivity contribution is -0.123. The van der Waals surface area contributed by atoms with Crippen LogP contribution in [0.4, 0.5) is 4.79 Å². The minimum Gasteiger partial charge on any atom is -0.273 e. The summed E-state index contributed by atoms with van der Waals surface area (Å²) in [5, 5.41) is 3.96. The van der Waals surface area contributed by atoms with Gasteiger partial charge in [0.05, 0.1) is 4.34 Å². The average molecular weight is 257 g/mol. The van der Waals surface area contributed by atoms with Gasteiger partial charge in [0, 0.05) is 4.88 Å². The van der Waals surface area contributed by atoms with Crippen molar-refractivity contribution in [2.24, 2.45) is 0 Å². The van der Waals surface area contributed by atoms with Gasteiger partial charge in [-0.1, -0.05) is 11.6 Å².